The van der Waals surface area contributed by atoms with Gasteiger partial charge in [0.2, 0.25) is 0 Å². The second-order valence-corrected chi connectivity index (χ2v) is 3.96. The molecule has 2 unspecified atom stereocenters. The Morgan fingerprint density at radius 2 is 1.55 bits per heavy atom. The van der Waals surface area contributed by atoms with E-state index in [-0.39, 0.29) is 13.1 Å². The fourth-order valence-electron chi connectivity index (χ4n) is 2.45. The Morgan fingerprint density at radius 3 is 2.00 bits per heavy atom. The van der Waals surface area contributed by atoms with Gasteiger partial charge in [-0.1, -0.05) is 0 Å². The van der Waals surface area contributed by atoms with Gasteiger partial charge in [-0.15, -0.1) is 0 Å². The Bertz CT molecular complexity index is 167. The van der Waals surface area contributed by atoms with Crippen molar-refractivity contribution in [2.75, 3.05) is 20.1 Å². The molecular formula is C8H13F2N. The van der Waals surface area contributed by atoms with E-state index in [2.05, 4.69) is 0 Å². The van der Waals surface area contributed by atoms with Crippen LogP contribution in [0.3, 0.4) is 0 Å². The zero-order chi connectivity index (χ0) is 8.11. The molecule has 0 N–H and O–H groups in total. The summed E-state index contributed by atoms with van der Waals surface area (Å²) in [5, 5.41) is 0. The van der Waals surface area contributed by atoms with Crippen molar-refractivity contribution in [3.8, 4) is 0 Å². The summed E-state index contributed by atoms with van der Waals surface area (Å²) in [6.45, 7) is 0.562. The summed E-state index contributed by atoms with van der Waals surface area (Å²) in [5.41, 5.74) is -3.05. The van der Waals surface area contributed by atoms with Gasteiger partial charge in [0.1, 0.15) is 0 Å². The molecule has 3 heteroatoms. The zero-order valence-corrected chi connectivity index (χ0v) is 6.74. The molecule has 0 aromatic rings. The molecule has 0 amide bonds. The van der Waals surface area contributed by atoms with Crippen LogP contribution >= 0.6 is 0 Å². The lowest BCUT2D eigenvalue weighted by atomic mass is 9.94. The number of likely N-dealkylation sites (tertiary alicyclic amines) is 1. The van der Waals surface area contributed by atoms with Crippen LogP contribution in [0.4, 0.5) is 8.78 Å². The topological polar surface area (TPSA) is 3.24 Å². The fraction of sp³-hybridized carbons (Fsp3) is 1.00. The highest BCUT2D eigenvalue weighted by Gasteiger charge is 2.61. The molecule has 0 bridgehead atoms. The van der Waals surface area contributed by atoms with E-state index in [1.54, 1.807) is 11.9 Å². The average Bonchev–Trinajstić information content (AvgIpc) is 2.16. The highest BCUT2D eigenvalue weighted by Crippen LogP contribution is 2.49. The van der Waals surface area contributed by atoms with Crippen molar-refractivity contribution in [1.29, 1.82) is 0 Å². The molecule has 2 rings (SSSR count). The lowest BCUT2D eigenvalue weighted by Gasteiger charge is -2.23. The second kappa shape index (κ2) is 1.94. The summed E-state index contributed by atoms with van der Waals surface area (Å²) >= 11 is 0. The summed E-state index contributed by atoms with van der Waals surface area (Å²) in [4.78, 5) is 1.75. The molecule has 2 fully saturated rings. The van der Waals surface area contributed by atoms with Crippen LogP contribution in [0.1, 0.15) is 19.3 Å². The Labute approximate surface area is 65.4 Å². The smallest absolute Gasteiger partial charge is 0.158 e. The van der Waals surface area contributed by atoms with Crippen molar-refractivity contribution in [3.63, 3.8) is 0 Å². The van der Waals surface area contributed by atoms with Crippen LogP contribution in [-0.4, -0.2) is 36.4 Å². The molecule has 0 radical (unpaired) electrons. The molecule has 0 aromatic carbocycles. The van der Waals surface area contributed by atoms with Crippen LogP contribution in [0.15, 0.2) is 0 Å². The van der Waals surface area contributed by atoms with Gasteiger partial charge in [0, 0.05) is 13.1 Å². The molecule has 1 heterocycles. The maximum absolute atomic E-state index is 13.7. The molecule has 2 aliphatic rings. The molecule has 1 aliphatic heterocycles. The Hall–Kier alpha value is -0.180. The summed E-state index contributed by atoms with van der Waals surface area (Å²) in [5.74, 6) is 0. The van der Waals surface area contributed by atoms with Crippen LogP contribution in [-0.2, 0) is 0 Å². The number of hydrogen-bond acceptors (Lipinski definition) is 1. The van der Waals surface area contributed by atoms with E-state index in [1.807, 2.05) is 0 Å². The first-order valence-corrected chi connectivity index (χ1v) is 4.12. The van der Waals surface area contributed by atoms with Crippen LogP contribution in [0, 0.1) is 0 Å². The third-order valence-electron chi connectivity index (χ3n) is 2.99. The largest absolute Gasteiger partial charge is 0.300 e. The van der Waals surface area contributed by atoms with Gasteiger partial charge in [0.05, 0.1) is 0 Å². The molecule has 1 saturated carbocycles. The minimum Gasteiger partial charge on any atom is -0.300 e. The lowest BCUT2D eigenvalue weighted by Crippen LogP contribution is -2.40. The van der Waals surface area contributed by atoms with Crippen LogP contribution in [0.25, 0.3) is 0 Å². The van der Waals surface area contributed by atoms with E-state index >= 15 is 0 Å². The SMILES string of the molecule is CN1CC2(F)CCCC2(F)C1. The van der Waals surface area contributed by atoms with E-state index in [4.69, 9.17) is 0 Å². The van der Waals surface area contributed by atoms with Gasteiger partial charge in [0.15, 0.2) is 11.3 Å². The number of nitrogens with zero attached hydrogens (tertiary/aromatic N) is 1. The van der Waals surface area contributed by atoms with Crippen molar-refractivity contribution in [1.82, 2.24) is 4.90 Å². The molecule has 11 heavy (non-hydrogen) atoms. The monoisotopic (exact) mass is 161 g/mol. The molecule has 64 valence electrons. The van der Waals surface area contributed by atoms with Crippen LogP contribution in [0.5, 0.6) is 0 Å². The van der Waals surface area contributed by atoms with Gasteiger partial charge in [-0.05, 0) is 26.3 Å². The van der Waals surface area contributed by atoms with Gasteiger partial charge in [-0.3, -0.25) is 4.90 Å². The fourth-order valence-corrected chi connectivity index (χ4v) is 2.45. The number of fused-ring (bicyclic) bond motifs is 1. The summed E-state index contributed by atoms with van der Waals surface area (Å²) in [6.07, 6.45) is 1.53. The minimum atomic E-state index is -1.53. The Kier molecular flexibility index (Phi) is 1.32. The van der Waals surface area contributed by atoms with Crippen LogP contribution < -0.4 is 0 Å². The average molecular weight is 161 g/mol. The zero-order valence-electron chi connectivity index (χ0n) is 6.74. The first-order valence-electron chi connectivity index (χ1n) is 4.12. The predicted octanol–water partition coefficient (Wildman–Crippen LogP) is 1.53. The molecule has 0 spiro atoms. The van der Waals surface area contributed by atoms with Gasteiger partial charge in [-0.2, -0.15) is 0 Å². The summed E-state index contributed by atoms with van der Waals surface area (Å²) in [6, 6.07) is 0. The van der Waals surface area contributed by atoms with Crippen molar-refractivity contribution in [3.05, 3.63) is 0 Å². The van der Waals surface area contributed by atoms with Crippen molar-refractivity contribution in [2.45, 2.75) is 30.6 Å². The third-order valence-corrected chi connectivity index (χ3v) is 2.99. The molecule has 1 aliphatic carbocycles. The van der Waals surface area contributed by atoms with Crippen molar-refractivity contribution < 1.29 is 8.78 Å². The van der Waals surface area contributed by atoms with Gasteiger partial charge in [-0.25, -0.2) is 8.78 Å². The number of alkyl halides is 2. The van der Waals surface area contributed by atoms with Crippen molar-refractivity contribution >= 4 is 0 Å². The van der Waals surface area contributed by atoms with Crippen molar-refractivity contribution in [2.24, 2.45) is 0 Å². The Balaban J connectivity index is 2.28. The maximum Gasteiger partial charge on any atom is 0.158 e. The van der Waals surface area contributed by atoms with E-state index in [0.717, 1.165) is 0 Å². The third kappa shape index (κ3) is 0.835. The van der Waals surface area contributed by atoms with E-state index in [1.165, 1.54) is 0 Å². The van der Waals surface area contributed by atoms with E-state index < -0.39 is 11.3 Å². The maximum atomic E-state index is 13.7. The minimum absolute atomic E-state index is 0.281. The highest BCUT2D eigenvalue weighted by molar-refractivity contribution is 5.13. The normalized spacial score (nSPS) is 51.5. The van der Waals surface area contributed by atoms with Crippen LogP contribution in [0.2, 0.25) is 0 Å². The molecular weight excluding hydrogens is 148 g/mol. The summed E-state index contributed by atoms with van der Waals surface area (Å²) in [7, 11) is 1.78. The van der Waals surface area contributed by atoms with E-state index in [9.17, 15) is 8.78 Å². The first-order chi connectivity index (χ1) is 5.06. The molecule has 1 saturated heterocycles. The summed E-state index contributed by atoms with van der Waals surface area (Å²) < 4.78 is 27.4. The molecule has 0 aromatic heterocycles. The lowest BCUT2D eigenvalue weighted by molar-refractivity contribution is 0.0318. The van der Waals surface area contributed by atoms with Gasteiger partial charge >= 0.3 is 0 Å². The predicted molar refractivity (Wildman–Crippen MR) is 39.0 cm³/mol. The number of rotatable bonds is 0. The number of hydrogen-bond donors (Lipinski definition) is 0. The van der Waals surface area contributed by atoms with E-state index in [0.29, 0.717) is 19.3 Å². The van der Waals surface area contributed by atoms with Gasteiger partial charge < -0.3 is 0 Å². The standard InChI is InChI=1S/C8H13F2N/c1-11-5-7(9)3-2-4-8(7,10)6-11/h2-6H2,1H3. The molecule has 2 atom stereocenters. The quantitative estimate of drug-likeness (QED) is 0.521. The highest BCUT2D eigenvalue weighted by atomic mass is 19.2. The number of halogens is 2. The molecule has 1 nitrogen and oxygen atoms in total. The Morgan fingerprint density at radius 1 is 1.09 bits per heavy atom. The van der Waals surface area contributed by atoms with Gasteiger partial charge in [0.25, 0.3) is 0 Å². The second-order valence-electron chi connectivity index (χ2n) is 3.96. The first kappa shape index (κ1) is 7.47.